The van der Waals surface area contributed by atoms with Crippen LogP contribution in [0.2, 0.25) is 0 Å². The molecule has 0 saturated carbocycles. The molecule has 0 aromatic heterocycles. The van der Waals surface area contributed by atoms with Gasteiger partial charge in [-0.05, 0) is 81.7 Å². The van der Waals surface area contributed by atoms with Crippen LogP contribution in [0.4, 0.5) is 5.69 Å². The lowest BCUT2D eigenvalue weighted by molar-refractivity contribution is 0.452. The minimum Gasteiger partial charge on any atom is -0.380 e. The van der Waals surface area contributed by atoms with Crippen LogP contribution in [-0.2, 0) is 0 Å². The predicted octanol–water partition coefficient (Wildman–Crippen LogP) is 4.62. The zero-order chi connectivity index (χ0) is 13.0. The van der Waals surface area contributed by atoms with Gasteiger partial charge in [-0.25, -0.2) is 0 Å². The number of benzene rings is 1. The Kier molecular flexibility index (Phi) is 2.76. The summed E-state index contributed by atoms with van der Waals surface area (Å²) in [5.74, 6) is 0.652. The van der Waals surface area contributed by atoms with Gasteiger partial charge < -0.3 is 5.32 Å². The van der Waals surface area contributed by atoms with Gasteiger partial charge in [0, 0.05) is 11.2 Å². The van der Waals surface area contributed by atoms with Crippen LogP contribution in [0.3, 0.4) is 0 Å². The first kappa shape index (κ1) is 12.5. The van der Waals surface area contributed by atoms with Gasteiger partial charge in [-0.1, -0.05) is 6.92 Å². The fourth-order valence-electron chi connectivity index (χ4n) is 3.38. The van der Waals surface area contributed by atoms with E-state index in [1.54, 1.807) is 5.56 Å². The SMILES string of the molecule is Cc1c(C)c(C)c2c(c1C)NC(C)(C)CC2C. The first-order chi connectivity index (χ1) is 7.74. The number of nitrogens with one attached hydrogen (secondary N) is 1. The molecule has 0 radical (unpaired) electrons. The summed E-state index contributed by atoms with van der Waals surface area (Å²) in [7, 11) is 0. The maximum Gasteiger partial charge on any atom is 0.0414 e. The summed E-state index contributed by atoms with van der Waals surface area (Å²) in [6.45, 7) is 16.0. The lowest BCUT2D eigenvalue weighted by Gasteiger charge is -2.40. The molecule has 1 heteroatoms. The third kappa shape index (κ3) is 1.86. The van der Waals surface area contributed by atoms with Crippen LogP contribution in [-0.4, -0.2) is 5.54 Å². The monoisotopic (exact) mass is 231 g/mol. The summed E-state index contributed by atoms with van der Waals surface area (Å²) in [6, 6.07) is 0. The van der Waals surface area contributed by atoms with E-state index >= 15 is 0 Å². The van der Waals surface area contributed by atoms with Crippen LogP contribution in [0.25, 0.3) is 0 Å². The van der Waals surface area contributed by atoms with Crippen molar-refractivity contribution in [3.05, 3.63) is 27.8 Å². The summed E-state index contributed by atoms with van der Waals surface area (Å²) >= 11 is 0. The number of hydrogen-bond donors (Lipinski definition) is 1. The molecule has 94 valence electrons. The van der Waals surface area contributed by atoms with Crippen molar-refractivity contribution < 1.29 is 0 Å². The van der Waals surface area contributed by atoms with E-state index in [1.165, 1.54) is 34.4 Å². The summed E-state index contributed by atoms with van der Waals surface area (Å²) < 4.78 is 0. The minimum atomic E-state index is 0.214. The van der Waals surface area contributed by atoms with E-state index in [9.17, 15) is 0 Å². The van der Waals surface area contributed by atoms with Crippen LogP contribution < -0.4 is 5.32 Å². The van der Waals surface area contributed by atoms with Crippen LogP contribution in [0, 0.1) is 27.7 Å². The van der Waals surface area contributed by atoms with Crippen molar-refractivity contribution in [1.82, 2.24) is 0 Å². The van der Waals surface area contributed by atoms with Gasteiger partial charge in [0.05, 0.1) is 0 Å². The first-order valence-electron chi connectivity index (χ1n) is 6.63. The van der Waals surface area contributed by atoms with Crippen molar-refractivity contribution in [3.8, 4) is 0 Å². The summed E-state index contributed by atoms with van der Waals surface area (Å²) in [6.07, 6.45) is 1.21. The lowest BCUT2D eigenvalue weighted by Crippen LogP contribution is -2.37. The van der Waals surface area contributed by atoms with E-state index < -0.39 is 0 Å². The molecule has 1 unspecified atom stereocenters. The molecule has 1 aliphatic rings. The molecule has 1 heterocycles. The molecule has 1 aliphatic heterocycles. The van der Waals surface area contributed by atoms with E-state index in [-0.39, 0.29) is 5.54 Å². The van der Waals surface area contributed by atoms with Crippen molar-refractivity contribution >= 4 is 5.69 Å². The van der Waals surface area contributed by atoms with Crippen molar-refractivity contribution in [2.75, 3.05) is 5.32 Å². The van der Waals surface area contributed by atoms with Crippen molar-refractivity contribution in [2.24, 2.45) is 0 Å². The molecule has 0 amide bonds. The van der Waals surface area contributed by atoms with Crippen LogP contribution in [0.1, 0.15) is 60.9 Å². The molecule has 2 rings (SSSR count). The topological polar surface area (TPSA) is 12.0 Å². The number of anilines is 1. The normalized spacial score (nSPS) is 21.9. The Labute approximate surface area is 106 Å². The van der Waals surface area contributed by atoms with Crippen LogP contribution in [0.15, 0.2) is 0 Å². The highest BCUT2D eigenvalue weighted by Gasteiger charge is 2.32. The average Bonchev–Trinajstić information content (AvgIpc) is 2.21. The van der Waals surface area contributed by atoms with Gasteiger partial charge in [0.2, 0.25) is 0 Å². The molecule has 1 aromatic rings. The summed E-state index contributed by atoms with van der Waals surface area (Å²) in [4.78, 5) is 0. The third-order valence-corrected chi connectivity index (χ3v) is 4.51. The third-order valence-electron chi connectivity index (χ3n) is 4.51. The Morgan fingerprint density at radius 1 is 0.941 bits per heavy atom. The molecular formula is C16H25N. The van der Waals surface area contributed by atoms with E-state index in [1.807, 2.05) is 0 Å². The zero-order valence-electron chi connectivity index (χ0n) is 12.3. The largest absolute Gasteiger partial charge is 0.380 e. The van der Waals surface area contributed by atoms with Crippen LogP contribution >= 0.6 is 0 Å². The predicted molar refractivity (Wildman–Crippen MR) is 76.1 cm³/mol. The number of fused-ring (bicyclic) bond motifs is 1. The smallest absolute Gasteiger partial charge is 0.0414 e. The standard InChI is InChI=1S/C16H25N/c1-9-8-16(6,7)17-15-13(5)11(3)10(2)12(4)14(9)15/h9,17H,8H2,1-7H3. The second-order valence-electron chi connectivity index (χ2n) is 6.40. The second kappa shape index (κ2) is 3.76. The fourth-order valence-corrected chi connectivity index (χ4v) is 3.38. The van der Waals surface area contributed by atoms with Gasteiger partial charge >= 0.3 is 0 Å². The molecule has 1 nitrogen and oxygen atoms in total. The summed E-state index contributed by atoms with van der Waals surface area (Å²) in [5, 5.41) is 3.74. The van der Waals surface area contributed by atoms with E-state index in [4.69, 9.17) is 0 Å². The highest BCUT2D eigenvalue weighted by molar-refractivity contribution is 5.68. The van der Waals surface area contributed by atoms with E-state index in [0.29, 0.717) is 5.92 Å². The molecule has 1 aromatic carbocycles. The van der Waals surface area contributed by atoms with Gasteiger partial charge in [0.1, 0.15) is 0 Å². The molecular weight excluding hydrogens is 206 g/mol. The Hall–Kier alpha value is -0.980. The van der Waals surface area contributed by atoms with Gasteiger partial charge in [0.25, 0.3) is 0 Å². The second-order valence-corrected chi connectivity index (χ2v) is 6.40. The molecule has 0 aliphatic carbocycles. The van der Waals surface area contributed by atoms with Crippen molar-refractivity contribution in [2.45, 2.75) is 66.3 Å². The Morgan fingerprint density at radius 2 is 1.47 bits per heavy atom. The first-order valence-corrected chi connectivity index (χ1v) is 6.63. The average molecular weight is 231 g/mol. The maximum atomic E-state index is 3.74. The van der Waals surface area contributed by atoms with E-state index in [0.717, 1.165) is 0 Å². The van der Waals surface area contributed by atoms with Gasteiger partial charge in [-0.2, -0.15) is 0 Å². The maximum absolute atomic E-state index is 3.74. The van der Waals surface area contributed by atoms with Gasteiger partial charge in [-0.3, -0.25) is 0 Å². The van der Waals surface area contributed by atoms with Gasteiger partial charge in [0.15, 0.2) is 0 Å². The highest BCUT2D eigenvalue weighted by atomic mass is 15.0. The van der Waals surface area contributed by atoms with Gasteiger partial charge in [-0.15, -0.1) is 0 Å². The summed E-state index contributed by atoms with van der Waals surface area (Å²) in [5.41, 5.74) is 8.99. The zero-order valence-corrected chi connectivity index (χ0v) is 12.3. The van der Waals surface area contributed by atoms with Crippen molar-refractivity contribution in [1.29, 1.82) is 0 Å². The fraction of sp³-hybridized carbons (Fsp3) is 0.625. The van der Waals surface area contributed by atoms with Crippen molar-refractivity contribution in [3.63, 3.8) is 0 Å². The Balaban J connectivity index is 2.72. The quantitative estimate of drug-likeness (QED) is 0.687. The Morgan fingerprint density at radius 3 is 2.06 bits per heavy atom. The number of hydrogen-bond acceptors (Lipinski definition) is 1. The molecule has 17 heavy (non-hydrogen) atoms. The molecule has 1 N–H and O–H groups in total. The number of rotatable bonds is 0. The van der Waals surface area contributed by atoms with Crippen LogP contribution in [0.5, 0.6) is 0 Å². The molecule has 0 fully saturated rings. The molecule has 0 saturated heterocycles. The molecule has 1 atom stereocenters. The lowest BCUT2D eigenvalue weighted by atomic mass is 9.77. The van der Waals surface area contributed by atoms with E-state index in [2.05, 4.69) is 53.8 Å². The minimum absolute atomic E-state index is 0.214. The Bertz CT molecular complexity index is 469. The molecule has 0 spiro atoms. The molecule has 0 bridgehead atoms. The highest BCUT2D eigenvalue weighted by Crippen LogP contribution is 2.44.